The third kappa shape index (κ3) is 5.37. The summed E-state index contributed by atoms with van der Waals surface area (Å²) < 4.78 is 21.4. The van der Waals surface area contributed by atoms with Crippen molar-refractivity contribution in [1.82, 2.24) is 9.71 Å². The van der Waals surface area contributed by atoms with Crippen LogP contribution in [0.25, 0.3) is 0 Å². The van der Waals surface area contributed by atoms with Gasteiger partial charge in [-0.25, -0.2) is 9.37 Å². The molecule has 3 heterocycles. The quantitative estimate of drug-likeness (QED) is 0.315. The molecule has 4 aliphatic rings. The van der Waals surface area contributed by atoms with Crippen LogP contribution >= 0.6 is 11.9 Å². The van der Waals surface area contributed by atoms with Gasteiger partial charge in [-0.2, -0.15) is 0 Å². The van der Waals surface area contributed by atoms with Crippen molar-refractivity contribution in [2.24, 2.45) is 17.3 Å². The van der Waals surface area contributed by atoms with Crippen LogP contribution in [-0.4, -0.2) is 62.2 Å². The number of hydrogen-bond donors (Lipinski definition) is 3. The van der Waals surface area contributed by atoms with Crippen molar-refractivity contribution in [2.75, 3.05) is 61.3 Å². The Labute approximate surface area is 221 Å². The van der Waals surface area contributed by atoms with E-state index in [-0.39, 0.29) is 12.5 Å². The molecule has 2 saturated carbocycles. The second-order valence-corrected chi connectivity index (χ2v) is 11.7. The molecule has 1 spiro atoms. The van der Waals surface area contributed by atoms with Gasteiger partial charge in [-0.15, -0.1) is 0 Å². The van der Waals surface area contributed by atoms with Crippen LogP contribution in [0.5, 0.6) is 5.75 Å². The number of hydrogen-bond acceptors (Lipinski definition) is 8. The Bertz CT molecular complexity index is 1140. The molecule has 37 heavy (non-hydrogen) atoms. The number of fused-ring (bicyclic) bond motifs is 1. The Balaban J connectivity index is 1.23. The van der Waals surface area contributed by atoms with Crippen molar-refractivity contribution in [1.29, 1.82) is 0 Å². The van der Waals surface area contributed by atoms with Crippen molar-refractivity contribution in [3.05, 3.63) is 35.9 Å². The predicted molar refractivity (Wildman–Crippen MR) is 143 cm³/mol. The first-order valence-corrected chi connectivity index (χ1v) is 14.0. The summed E-state index contributed by atoms with van der Waals surface area (Å²) in [5.41, 5.74) is 2.06. The van der Waals surface area contributed by atoms with E-state index in [0.29, 0.717) is 46.7 Å². The Hall–Kier alpha value is -2.56. The van der Waals surface area contributed by atoms with Crippen molar-refractivity contribution in [3.63, 3.8) is 0 Å². The molecule has 6 rings (SSSR count). The highest BCUT2D eigenvalue weighted by molar-refractivity contribution is 7.97. The van der Waals surface area contributed by atoms with E-state index in [0.717, 1.165) is 49.6 Å². The van der Waals surface area contributed by atoms with Gasteiger partial charge >= 0.3 is 0 Å². The molecule has 8 nitrogen and oxygen atoms in total. The van der Waals surface area contributed by atoms with Crippen LogP contribution in [0.4, 0.5) is 21.7 Å². The highest BCUT2D eigenvalue weighted by atomic mass is 32.2. The van der Waals surface area contributed by atoms with Gasteiger partial charge in [0.15, 0.2) is 11.6 Å². The average Bonchev–Trinajstić information content (AvgIpc) is 3.82. The van der Waals surface area contributed by atoms with Gasteiger partial charge in [0.25, 0.3) is 5.91 Å². The minimum Gasteiger partial charge on any atom is -0.459 e. The van der Waals surface area contributed by atoms with Gasteiger partial charge in [-0.1, -0.05) is 0 Å². The fourth-order valence-electron chi connectivity index (χ4n) is 5.77. The van der Waals surface area contributed by atoms with Gasteiger partial charge < -0.3 is 25.0 Å². The first kappa shape index (κ1) is 24.8. The summed E-state index contributed by atoms with van der Waals surface area (Å²) in [6.45, 7) is 3.30. The van der Waals surface area contributed by atoms with Gasteiger partial charge in [0, 0.05) is 37.6 Å². The second kappa shape index (κ2) is 10.3. The van der Waals surface area contributed by atoms with Gasteiger partial charge in [0.2, 0.25) is 6.86 Å². The molecule has 1 aromatic heterocycles. The van der Waals surface area contributed by atoms with E-state index >= 15 is 0 Å². The van der Waals surface area contributed by atoms with Crippen LogP contribution in [0.1, 0.15) is 42.5 Å². The molecule has 1 amide bonds. The highest BCUT2D eigenvalue weighted by Gasteiger charge is 2.46. The number of ether oxygens (including phenoxy) is 1. The van der Waals surface area contributed by atoms with Gasteiger partial charge in [-0.05, 0) is 91.6 Å². The minimum atomic E-state index is -0.918. The third-order valence-corrected chi connectivity index (χ3v) is 9.15. The smallest absolute Gasteiger partial charge is 0.258 e. The van der Waals surface area contributed by atoms with Gasteiger partial charge in [0.05, 0.1) is 17.9 Å². The molecule has 2 saturated heterocycles. The van der Waals surface area contributed by atoms with Crippen LogP contribution < -0.4 is 24.6 Å². The van der Waals surface area contributed by atoms with Crippen LogP contribution in [0.2, 0.25) is 0 Å². The number of rotatable bonds is 10. The lowest BCUT2D eigenvalue weighted by Crippen LogP contribution is -2.35. The summed E-state index contributed by atoms with van der Waals surface area (Å²) in [7, 11) is 0. The standard InChI is InChI=1S/C27H34FN5O3S/c28-17-36-23-3-4-24(30-25(23)33-15-18-13-19(18)16-33)31-26(35)21-2-1-20(37-29-9-12-34)14-22(21)32-10-7-27(5-6-27)8-11-32/h1-4,14,18-19,29,34H,5-13,15-17H2,(H,30,31,35). The van der Waals surface area contributed by atoms with Gasteiger partial charge in [-0.3, -0.25) is 9.52 Å². The number of pyridine rings is 1. The van der Waals surface area contributed by atoms with E-state index in [1.807, 2.05) is 12.1 Å². The number of amides is 1. The number of benzene rings is 1. The molecule has 0 radical (unpaired) electrons. The number of nitrogens with one attached hydrogen (secondary N) is 2. The molecule has 3 N–H and O–H groups in total. The second-order valence-electron chi connectivity index (χ2n) is 10.8. The Kier molecular flexibility index (Phi) is 6.89. The maximum absolute atomic E-state index is 13.6. The van der Waals surface area contributed by atoms with Crippen molar-refractivity contribution in [2.45, 2.75) is 37.0 Å². The molecule has 198 valence electrons. The number of aromatic nitrogens is 1. The largest absolute Gasteiger partial charge is 0.459 e. The van der Waals surface area contributed by atoms with E-state index in [4.69, 9.17) is 9.84 Å². The summed E-state index contributed by atoms with van der Waals surface area (Å²) in [5, 5.41) is 12.1. The van der Waals surface area contributed by atoms with Gasteiger partial charge in [0.1, 0.15) is 5.82 Å². The molecule has 0 bridgehead atoms. The zero-order chi connectivity index (χ0) is 25.4. The monoisotopic (exact) mass is 527 g/mol. The summed E-state index contributed by atoms with van der Waals surface area (Å²) in [5.74, 6) is 2.57. The van der Waals surface area contributed by atoms with Crippen molar-refractivity contribution < 1.29 is 19.0 Å². The van der Waals surface area contributed by atoms with Crippen LogP contribution in [0.3, 0.4) is 0 Å². The molecule has 4 fully saturated rings. The van der Waals surface area contributed by atoms with Crippen molar-refractivity contribution >= 4 is 35.2 Å². The number of carbonyl (C=O) groups excluding carboxylic acids is 1. The lowest BCUT2D eigenvalue weighted by molar-refractivity contribution is 0.102. The fourth-order valence-corrected chi connectivity index (χ4v) is 6.43. The molecule has 1 aromatic carbocycles. The number of piperidine rings is 2. The molecular formula is C27H34FN5O3S. The molecule has 2 atom stereocenters. The predicted octanol–water partition coefficient (Wildman–Crippen LogP) is 4.07. The van der Waals surface area contributed by atoms with E-state index < -0.39 is 6.86 Å². The maximum atomic E-state index is 13.6. The van der Waals surface area contributed by atoms with E-state index in [2.05, 4.69) is 30.9 Å². The number of anilines is 3. The molecule has 2 aromatic rings. The van der Waals surface area contributed by atoms with Crippen molar-refractivity contribution in [3.8, 4) is 5.75 Å². The third-order valence-electron chi connectivity index (χ3n) is 8.31. The van der Waals surface area contributed by atoms with E-state index in [1.54, 1.807) is 12.1 Å². The zero-order valence-electron chi connectivity index (χ0n) is 20.9. The van der Waals surface area contributed by atoms with E-state index in [9.17, 15) is 9.18 Å². The fraction of sp³-hybridized carbons (Fsp3) is 0.556. The molecule has 2 aliphatic heterocycles. The summed E-state index contributed by atoms with van der Waals surface area (Å²) in [6.07, 6.45) is 6.21. The molecule has 2 unspecified atom stereocenters. The minimum absolute atomic E-state index is 0.0669. The maximum Gasteiger partial charge on any atom is 0.258 e. The lowest BCUT2D eigenvalue weighted by atomic mass is 9.93. The average molecular weight is 528 g/mol. The number of carbonyl (C=O) groups is 1. The number of halogens is 1. The Morgan fingerprint density at radius 1 is 1.14 bits per heavy atom. The Morgan fingerprint density at radius 3 is 2.62 bits per heavy atom. The number of alkyl halides is 1. The molecule has 2 aliphatic carbocycles. The zero-order valence-corrected chi connectivity index (χ0v) is 21.7. The van der Waals surface area contributed by atoms with E-state index in [1.165, 1.54) is 31.2 Å². The normalized spacial score (nSPS) is 23.2. The van der Waals surface area contributed by atoms with Crippen LogP contribution in [-0.2, 0) is 0 Å². The molecule has 10 heteroatoms. The first-order valence-electron chi connectivity index (χ1n) is 13.2. The summed E-state index contributed by atoms with van der Waals surface area (Å²) in [4.78, 5) is 23.7. The molecular weight excluding hydrogens is 493 g/mol. The Morgan fingerprint density at radius 2 is 1.92 bits per heavy atom. The first-order chi connectivity index (χ1) is 18.1. The summed E-state index contributed by atoms with van der Waals surface area (Å²) >= 11 is 1.45. The lowest BCUT2D eigenvalue weighted by Gasteiger charge is -2.35. The highest BCUT2D eigenvalue weighted by Crippen LogP contribution is 2.54. The number of aliphatic hydroxyl groups excluding tert-OH is 1. The SMILES string of the molecule is O=C(Nc1ccc(OCF)c(N2CC3CC3C2)n1)c1ccc(SNCCO)cc1N1CCC2(CC1)CC2. The van der Waals surface area contributed by atoms with Crippen LogP contribution in [0.15, 0.2) is 35.2 Å². The van der Waals surface area contributed by atoms with Crippen LogP contribution in [0, 0.1) is 17.3 Å². The topological polar surface area (TPSA) is 90.0 Å². The number of nitrogens with zero attached hydrogens (tertiary/aromatic N) is 3. The number of aliphatic hydroxyl groups is 1. The summed E-state index contributed by atoms with van der Waals surface area (Å²) in [6, 6.07) is 9.21.